The molecule has 0 saturated carbocycles. The SMILES string of the molecule is CCOC(=S)C(CC)Cc1ccccc1. The van der Waals surface area contributed by atoms with Gasteiger partial charge in [-0.15, -0.1) is 0 Å². The van der Waals surface area contributed by atoms with E-state index in [0.29, 0.717) is 12.5 Å². The second-order valence-corrected chi connectivity index (χ2v) is 3.95. The van der Waals surface area contributed by atoms with E-state index >= 15 is 0 Å². The van der Waals surface area contributed by atoms with Gasteiger partial charge in [0.15, 0.2) is 5.05 Å². The van der Waals surface area contributed by atoms with Crippen LogP contribution in [0.3, 0.4) is 0 Å². The Morgan fingerprint density at radius 2 is 1.93 bits per heavy atom. The molecule has 15 heavy (non-hydrogen) atoms. The minimum Gasteiger partial charge on any atom is -0.487 e. The summed E-state index contributed by atoms with van der Waals surface area (Å²) in [7, 11) is 0. The predicted molar refractivity (Wildman–Crippen MR) is 68.2 cm³/mol. The smallest absolute Gasteiger partial charge is 0.163 e. The number of hydrogen-bond acceptors (Lipinski definition) is 2. The van der Waals surface area contributed by atoms with Crippen molar-refractivity contribution in [1.82, 2.24) is 0 Å². The van der Waals surface area contributed by atoms with Crippen LogP contribution in [0.2, 0.25) is 0 Å². The van der Waals surface area contributed by atoms with E-state index in [1.54, 1.807) is 0 Å². The Labute approximate surface area is 97.5 Å². The number of thiocarbonyl (C=S) groups is 1. The third-order valence-electron chi connectivity index (χ3n) is 2.44. The minimum absolute atomic E-state index is 0.363. The van der Waals surface area contributed by atoms with Crippen molar-refractivity contribution in [3.8, 4) is 0 Å². The topological polar surface area (TPSA) is 9.23 Å². The first kappa shape index (κ1) is 12.2. The molecule has 82 valence electrons. The lowest BCUT2D eigenvalue weighted by Gasteiger charge is -2.16. The maximum Gasteiger partial charge on any atom is 0.163 e. The van der Waals surface area contributed by atoms with Gasteiger partial charge in [0.1, 0.15) is 0 Å². The molecule has 1 aromatic rings. The first-order chi connectivity index (χ1) is 7.27. The van der Waals surface area contributed by atoms with E-state index in [1.807, 2.05) is 13.0 Å². The zero-order valence-corrected chi connectivity index (χ0v) is 10.2. The highest BCUT2D eigenvalue weighted by atomic mass is 32.1. The summed E-state index contributed by atoms with van der Waals surface area (Å²) < 4.78 is 5.40. The van der Waals surface area contributed by atoms with E-state index in [1.165, 1.54) is 5.56 Å². The first-order valence-corrected chi connectivity index (χ1v) is 5.89. The average molecular weight is 222 g/mol. The molecule has 1 unspecified atom stereocenters. The van der Waals surface area contributed by atoms with Crippen LogP contribution in [-0.2, 0) is 11.2 Å². The van der Waals surface area contributed by atoms with Gasteiger partial charge in [0.2, 0.25) is 0 Å². The van der Waals surface area contributed by atoms with Crippen LogP contribution in [0.5, 0.6) is 0 Å². The third kappa shape index (κ3) is 4.00. The molecule has 0 saturated heterocycles. The molecule has 0 radical (unpaired) electrons. The first-order valence-electron chi connectivity index (χ1n) is 5.48. The molecule has 0 aliphatic carbocycles. The maximum absolute atomic E-state index is 5.40. The predicted octanol–water partition coefficient (Wildman–Crippen LogP) is 3.62. The van der Waals surface area contributed by atoms with Gasteiger partial charge in [0.25, 0.3) is 0 Å². The van der Waals surface area contributed by atoms with Crippen molar-refractivity contribution in [3.05, 3.63) is 35.9 Å². The van der Waals surface area contributed by atoms with Gasteiger partial charge in [-0.3, -0.25) is 0 Å². The van der Waals surface area contributed by atoms with Gasteiger partial charge in [-0.2, -0.15) is 0 Å². The van der Waals surface area contributed by atoms with E-state index in [-0.39, 0.29) is 0 Å². The normalized spacial score (nSPS) is 12.1. The number of ether oxygens (including phenoxy) is 1. The number of benzene rings is 1. The Kier molecular flexibility index (Phi) is 5.33. The Morgan fingerprint density at radius 1 is 1.27 bits per heavy atom. The zero-order chi connectivity index (χ0) is 11.1. The van der Waals surface area contributed by atoms with E-state index in [4.69, 9.17) is 17.0 Å². The van der Waals surface area contributed by atoms with Gasteiger partial charge >= 0.3 is 0 Å². The van der Waals surface area contributed by atoms with Crippen LogP contribution in [0.4, 0.5) is 0 Å². The molecule has 1 nitrogen and oxygen atoms in total. The number of hydrogen-bond donors (Lipinski definition) is 0. The van der Waals surface area contributed by atoms with Crippen molar-refractivity contribution < 1.29 is 4.74 Å². The Balaban J connectivity index is 2.58. The van der Waals surface area contributed by atoms with Gasteiger partial charge in [0.05, 0.1) is 6.61 Å². The van der Waals surface area contributed by atoms with E-state index < -0.39 is 0 Å². The summed E-state index contributed by atoms with van der Waals surface area (Å²) in [4.78, 5) is 0. The molecule has 0 spiro atoms. The van der Waals surface area contributed by atoms with Crippen LogP contribution in [-0.4, -0.2) is 11.7 Å². The fourth-order valence-electron chi connectivity index (χ4n) is 1.55. The standard InChI is InChI=1S/C13H18OS/c1-3-12(13(15)14-4-2)10-11-8-6-5-7-9-11/h5-9,12H,3-4,10H2,1-2H3. The molecule has 0 heterocycles. The molecule has 1 aromatic carbocycles. The van der Waals surface area contributed by atoms with Crippen LogP contribution < -0.4 is 0 Å². The molecule has 0 fully saturated rings. The van der Waals surface area contributed by atoms with Gasteiger partial charge in [-0.1, -0.05) is 37.3 Å². The second kappa shape index (κ2) is 6.57. The summed E-state index contributed by atoms with van der Waals surface area (Å²) >= 11 is 5.25. The summed E-state index contributed by atoms with van der Waals surface area (Å²) in [6.45, 7) is 4.80. The minimum atomic E-state index is 0.363. The van der Waals surface area contributed by atoms with Crippen molar-refractivity contribution >= 4 is 17.3 Å². The highest BCUT2D eigenvalue weighted by Gasteiger charge is 2.13. The summed E-state index contributed by atoms with van der Waals surface area (Å²) in [6, 6.07) is 10.4. The maximum atomic E-state index is 5.40. The second-order valence-electron chi connectivity index (χ2n) is 3.55. The summed E-state index contributed by atoms with van der Waals surface area (Å²) in [5, 5.41) is 0.754. The zero-order valence-electron chi connectivity index (χ0n) is 9.40. The molecule has 2 heteroatoms. The Hall–Kier alpha value is -0.890. The van der Waals surface area contributed by atoms with E-state index in [2.05, 4.69) is 31.2 Å². The fraction of sp³-hybridized carbons (Fsp3) is 0.462. The van der Waals surface area contributed by atoms with Crippen molar-refractivity contribution in [2.24, 2.45) is 5.92 Å². The van der Waals surface area contributed by atoms with Crippen molar-refractivity contribution in [2.75, 3.05) is 6.61 Å². The van der Waals surface area contributed by atoms with Crippen LogP contribution >= 0.6 is 12.2 Å². The number of rotatable bonds is 5. The molecule has 0 aliphatic rings. The third-order valence-corrected chi connectivity index (χ3v) is 2.89. The van der Waals surface area contributed by atoms with Crippen LogP contribution in [0.15, 0.2) is 30.3 Å². The molecule has 0 aliphatic heterocycles. The van der Waals surface area contributed by atoms with Crippen molar-refractivity contribution in [3.63, 3.8) is 0 Å². The van der Waals surface area contributed by atoms with Crippen LogP contribution in [0.1, 0.15) is 25.8 Å². The molecule has 0 aromatic heterocycles. The molecular weight excluding hydrogens is 204 g/mol. The van der Waals surface area contributed by atoms with Crippen molar-refractivity contribution in [2.45, 2.75) is 26.7 Å². The van der Waals surface area contributed by atoms with Gasteiger partial charge in [-0.05, 0) is 37.5 Å². The molecule has 0 amide bonds. The summed E-state index contributed by atoms with van der Waals surface area (Å²) in [5.74, 6) is 0.363. The average Bonchev–Trinajstić information content (AvgIpc) is 2.27. The summed E-state index contributed by atoms with van der Waals surface area (Å²) in [6.07, 6.45) is 2.02. The van der Waals surface area contributed by atoms with E-state index in [0.717, 1.165) is 17.9 Å². The highest BCUT2D eigenvalue weighted by Crippen LogP contribution is 2.14. The molecule has 1 rings (SSSR count). The lowest BCUT2D eigenvalue weighted by molar-refractivity contribution is 0.308. The quantitative estimate of drug-likeness (QED) is 0.704. The largest absolute Gasteiger partial charge is 0.487 e. The van der Waals surface area contributed by atoms with Crippen LogP contribution in [0.25, 0.3) is 0 Å². The lowest BCUT2D eigenvalue weighted by Crippen LogP contribution is -2.17. The Bertz CT molecular complexity index is 295. The highest BCUT2D eigenvalue weighted by molar-refractivity contribution is 7.80. The Morgan fingerprint density at radius 3 is 2.47 bits per heavy atom. The van der Waals surface area contributed by atoms with Gasteiger partial charge in [0, 0.05) is 5.92 Å². The molecule has 0 N–H and O–H groups in total. The summed E-state index contributed by atoms with van der Waals surface area (Å²) in [5.41, 5.74) is 1.33. The van der Waals surface area contributed by atoms with E-state index in [9.17, 15) is 0 Å². The lowest BCUT2D eigenvalue weighted by atomic mass is 9.98. The van der Waals surface area contributed by atoms with Crippen molar-refractivity contribution in [1.29, 1.82) is 0 Å². The monoisotopic (exact) mass is 222 g/mol. The molecule has 1 atom stereocenters. The fourth-order valence-corrected chi connectivity index (χ4v) is 1.92. The van der Waals surface area contributed by atoms with Crippen LogP contribution in [0, 0.1) is 5.92 Å². The molecule has 0 bridgehead atoms. The van der Waals surface area contributed by atoms with Gasteiger partial charge < -0.3 is 4.74 Å². The molecular formula is C13H18OS. The van der Waals surface area contributed by atoms with Gasteiger partial charge in [-0.25, -0.2) is 0 Å².